The first-order valence-electron chi connectivity index (χ1n) is 7.91. The average molecular weight is 366 g/mol. The van der Waals surface area contributed by atoms with Crippen molar-refractivity contribution in [1.82, 2.24) is 14.5 Å². The van der Waals surface area contributed by atoms with Crippen LogP contribution in [0.4, 0.5) is 5.95 Å². The molecule has 2 heterocycles. The van der Waals surface area contributed by atoms with Crippen LogP contribution in [-0.2, 0) is 11.8 Å². The van der Waals surface area contributed by atoms with E-state index >= 15 is 0 Å². The molecule has 3 aromatic rings. The topological polar surface area (TPSA) is 114 Å². The van der Waals surface area contributed by atoms with E-state index in [1.165, 1.54) is 10.6 Å². The monoisotopic (exact) mass is 366 g/mol. The van der Waals surface area contributed by atoms with Gasteiger partial charge in [0.2, 0.25) is 5.95 Å². The molecule has 0 fully saturated rings. The van der Waals surface area contributed by atoms with E-state index in [-0.39, 0.29) is 23.5 Å². The van der Waals surface area contributed by atoms with Gasteiger partial charge in [-0.25, -0.2) is 9.97 Å². The maximum atomic E-state index is 12.3. The lowest BCUT2D eigenvalue weighted by atomic mass is 10.1. The van der Waals surface area contributed by atoms with Crippen LogP contribution in [0, 0.1) is 6.92 Å². The van der Waals surface area contributed by atoms with Gasteiger partial charge in [-0.2, -0.15) is 0 Å². The minimum Gasteiger partial charge on any atom is -0.483 e. The van der Waals surface area contributed by atoms with Crippen molar-refractivity contribution >= 4 is 18.3 Å². The van der Waals surface area contributed by atoms with Crippen LogP contribution in [0.2, 0.25) is 0 Å². The van der Waals surface area contributed by atoms with Crippen molar-refractivity contribution in [2.75, 3.05) is 5.32 Å². The molecule has 8 heteroatoms. The summed E-state index contributed by atoms with van der Waals surface area (Å²) in [7, 11) is 1.62. The van der Waals surface area contributed by atoms with Crippen molar-refractivity contribution in [3.8, 4) is 11.3 Å². The number of aromatic nitrogens is 3. The smallest absolute Gasteiger partial charge is 0.290 e. The van der Waals surface area contributed by atoms with E-state index in [4.69, 9.17) is 9.90 Å². The first kappa shape index (κ1) is 19.5. The van der Waals surface area contributed by atoms with Crippen molar-refractivity contribution in [1.29, 1.82) is 0 Å². The Labute approximate surface area is 155 Å². The molecule has 1 amide bonds. The lowest BCUT2D eigenvalue weighted by molar-refractivity contribution is -0.122. The molecule has 0 saturated heterocycles. The van der Waals surface area contributed by atoms with Gasteiger partial charge in [0.25, 0.3) is 17.9 Å². The Morgan fingerprint density at radius 1 is 1.15 bits per heavy atom. The fraction of sp³-hybridized carbons (Fsp3) is 0.105. The Morgan fingerprint density at radius 2 is 1.81 bits per heavy atom. The van der Waals surface area contributed by atoms with E-state index in [9.17, 15) is 9.59 Å². The number of rotatable bonds is 3. The highest BCUT2D eigenvalue weighted by molar-refractivity contribution is 6.03. The Morgan fingerprint density at radius 3 is 2.44 bits per heavy atom. The van der Waals surface area contributed by atoms with Crippen LogP contribution in [-0.4, -0.2) is 32.0 Å². The van der Waals surface area contributed by atoms with E-state index in [0.29, 0.717) is 0 Å². The molecule has 0 radical (unpaired) electrons. The first-order valence-corrected chi connectivity index (χ1v) is 7.91. The summed E-state index contributed by atoms with van der Waals surface area (Å²) in [5, 5.41) is 9.54. The standard InChI is InChI=1S/C18H16N4O2.CH2O2/c1-12-10-15(13-6-4-3-5-7-13)20-18(19-12)21-17(24)14-8-9-22(2)16(23)11-14;2-1-3/h3-11H,1-2H3,(H,19,20,21,24);1H,(H,2,3). The molecule has 138 valence electrons. The molecular weight excluding hydrogens is 348 g/mol. The fourth-order valence-corrected chi connectivity index (χ4v) is 2.24. The van der Waals surface area contributed by atoms with Crippen LogP contribution >= 0.6 is 0 Å². The van der Waals surface area contributed by atoms with Gasteiger partial charge in [-0.3, -0.25) is 19.7 Å². The van der Waals surface area contributed by atoms with Gasteiger partial charge >= 0.3 is 0 Å². The number of carbonyl (C=O) groups is 2. The van der Waals surface area contributed by atoms with Crippen molar-refractivity contribution in [2.45, 2.75) is 6.92 Å². The summed E-state index contributed by atoms with van der Waals surface area (Å²) in [6.07, 6.45) is 1.55. The third kappa shape index (κ3) is 5.33. The van der Waals surface area contributed by atoms with Crippen LogP contribution in [0.15, 0.2) is 59.5 Å². The number of amides is 1. The normalized spacial score (nSPS) is 9.70. The summed E-state index contributed by atoms with van der Waals surface area (Å²) in [5.41, 5.74) is 2.42. The SMILES string of the molecule is Cc1cc(-c2ccccc2)nc(NC(=O)c2ccn(C)c(=O)c2)n1.O=CO. The van der Waals surface area contributed by atoms with Gasteiger partial charge in [-0.15, -0.1) is 0 Å². The molecule has 0 unspecified atom stereocenters. The second-order valence-corrected chi connectivity index (χ2v) is 5.51. The van der Waals surface area contributed by atoms with E-state index in [2.05, 4.69) is 15.3 Å². The molecule has 2 aromatic heterocycles. The zero-order valence-corrected chi connectivity index (χ0v) is 14.8. The Kier molecular flexibility index (Phi) is 6.54. The van der Waals surface area contributed by atoms with Crippen LogP contribution in [0.3, 0.4) is 0 Å². The molecule has 0 aliphatic carbocycles. The van der Waals surface area contributed by atoms with Crippen molar-refractivity contribution in [2.24, 2.45) is 7.05 Å². The van der Waals surface area contributed by atoms with Crippen molar-refractivity contribution in [3.05, 3.63) is 76.3 Å². The lowest BCUT2D eigenvalue weighted by Gasteiger charge is -2.08. The molecule has 1 aromatic carbocycles. The van der Waals surface area contributed by atoms with Gasteiger partial charge in [0.1, 0.15) is 0 Å². The molecular formula is C19H18N4O4. The summed E-state index contributed by atoms with van der Waals surface area (Å²) in [6, 6.07) is 14.4. The predicted octanol–water partition coefficient (Wildman–Crippen LogP) is 2.10. The minimum atomic E-state index is -0.419. The molecule has 3 rings (SSSR count). The number of aryl methyl sites for hydroxylation is 2. The zero-order valence-electron chi connectivity index (χ0n) is 14.8. The molecule has 0 aliphatic rings. The molecule has 0 bridgehead atoms. The van der Waals surface area contributed by atoms with Crippen LogP contribution in [0.5, 0.6) is 0 Å². The van der Waals surface area contributed by atoms with Gasteiger partial charge < -0.3 is 9.67 Å². The molecule has 27 heavy (non-hydrogen) atoms. The largest absolute Gasteiger partial charge is 0.483 e. The maximum absolute atomic E-state index is 12.3. The summed E-state index contributed by atoms with van der Waals surface area (Å²) < 4.78 is 1.40. The highest BCUT2D eigenvalue weighted by atomic mass is 16.3. The summed E-state index contributed by atoms with van der Waals surface area (Å²) in [6.45, 7) is 1.59. The molecule has 0 aliphatic heterocycles. The number of carboxylic acid groups (broad SMARTS) is 1. The molecule has 8 nitrogen and oxygen atoms in total. The number of hydrogen-bond donors (Lipinski definition) is 2. The van der Waals surface area contributed by atoms with Gasteiger partial charge in [0.15, 0.2) is 0 Å². The number of nitrogens with zero attached hydrogens (tertiary/aromatic N) is 3. The third-order valence-corrected chi connectivity index (χ3v) is 3.52. The quantitative estimate of drug-likeness (QED) is 0.686. The van der Waals surface area contributed by atoms with E-state index in [1.54, 1.807) is 19.3 Å². The Bertz CT molecular complexity index is 1000. The number of anilines is 1. The number of nitrogens with one attached hydrogen (secondary N) is 1. The number of benzene rings is 1. The Balaban J connectivity index is 0.000000817. The zero-order chi connectivity index (χ0) is 19.8. The number of pyridine rings is 1. The van der Waals surface area contributed by atoms with Gasteiger partial charge in [0, 0.05) is 36.1 Å². The molecule has 0 spiro atoms. The first-order chi connectivity index (χ1) is 12.9. The second kappa shape index (κ2) is 9.04. The van der Waals surface area contributed by atoms with Gasteiger partial charge in [-0.1, -0.05) is 30.3 Å². The number of hydrogen-bond acceptors (Lipinski definition) is 5. The molecule has 0 atom stereocenters. The molecule has 0 saturated carbocycles. The third-order valence-electron chi connectivity index (χ3n) is 3.52. The predicted molar refractivity (Wildman–Crippen MR) is 101 cm³/mol. The second-order valence-electron chi connectivity index (χ2n) is 5.51. The van der Waals surface area contributed by atoms with E-state index in [1.807, 2.05) is 43.3 Å². The van der Waals surface area contributed by atoms with Crippen LogP contribution < -0.4 is 10.9 Å². The summed E-state index contributed by atoms with van der Waals surface area (Å²) >= 11 is 0. The maximum Gasteiger partial charge on any atom is 0.290 e. The highest BCUT2D eigenvalue weighted by Gasteiger charge is 2.11. The summed E-state index contributed by atoms with van der Waals surface area (Å²) in [5.74, 6) is -0.211. The summed E-state index contributed by atoms with van der Waals surface area (Å²) in [4.78, 5) is 40.9. The highest BCUT2D eigenvalue weighted by Crippen LogP contribution is 2.18. The van der Waals surface area contributed by atoms with Crippen molar-refractivity contribution < 1.29 is 14.7 Å². The lowest BCUT2D eigenvalue weighted by Crippen LogP contribution is -2.20. The Hall–Kier alpha value is -3.81. The van der Waals surface area contributed by atoms with Crippen molar-refractivity contribution in [3.63, 3.8) is 0 Å². The minimum absolute atomic E-state index is 0.208. The van der Waals surface area contributed by atoms with Gasteiger partial charge in [0.05, 0.1) is 5.69 Å². The number of carbonyl (C=O) groups excluding carboxylic acids is 1. The van der Waals surface area contributed by atoms with Crippen LogP contribution in [0.1, 0.15) is 16.1 Å². The average Bonchev–Trinajstić information content (AvgIpc) is 2.65. The van der Waals surface area contributed by atoms with Gasteiger partial charge in [-0.05, 0) is 19.1 Å². The molecule has 2 N–H and O–H groups in total. The van der Waals surface area contributed by atoms with E-state index < -0.39 is 5.91 Å². The fourth-order valence-electron chi connectivity index (χ4n) is 2.24. The van der Waals surface area contributed by atoms with Crippen LogP contribution in [0.25, 0.3) is 11.3 Å². The van der Waals surface area contributed by atoms with E-state index in [0.717, 1.165) is 17.0 Å².